The second-order valence-corrected chi connectivity index (χ2v) is 9.27. The van der Waals surface area contributed by atoms with E-state index < -0.39 is 12.0 Å². The van der Waals surface area contributed by atoms with E-state index in [1.165, 1.54) is 0 Å². The van der Waals surface area contributed by atoms with Crippen LogP contribution in [0.2, 0.25) is 0 Å². The molecule has 0 bridgehead atoms. The number of anilines is 1. The third-order valence-corrected chi connectivity index (χ3v) is 7.37. The molecule has 0 radical (unpaired) electrons. The van der Waals surface area contributed by atoms with E-state index in [1.807, 2.05) is 71.8 Å². The molecule has 3 aromatic carbocycles. The molecule has 2 atom stereocenters. The molecule has 0 aliphatic carbocycles. The fraction of sp³-hybridized carbons (Fsp3) is 0.259. The summed E-state index contributed by atoms with van der Waals surface area (Å²) >= 11 is 1.62. The Morgan fingerprint density at radius 1 is 1.00 bits per heavy atom. The van der Waals surface area contributed by atoms with Gasteiger partial charge in [0.2, 0.25) is 5.91 Å². The maximum absolute atomic E-state index is 13.9. The van der Waals surface area contributed by atoms with E-state index in [9.17, 15) is 9.59 Å². The Labute approximate surface area is 203 Å². The zero-order chi connectivity index (χ0) is 23.8. The predicted octanol–water partition coefficient (Wildman–Crippen LogP) is 4.90. The molecule has 2 amide bonds. The smallest absolute Gasteiger partial charge is 0.254 e. The lowest BCUT2D eigenvalue weighted by molar-refractivity contribution is -0.119. The maximum atomic E-state index is 13.9. The normalized spacial score (nSPS) is 18.4. The molecular weight excluding hydrogens is 448 g/mol. The average molecular weight is 475 g/mol. The van der Waals surface area contributed by atoms with Gasteiger partial charge in [0.1, 0.15) is 0 Å². The van der Waals surface area contributed by atoms with Crippen molar-refractivity contribution in [2.75, 3.05) is 32.3 Å². The lowest BCUT2D eigenvalue weighted by atomic mass is 9.75. The largest absolute Gasteiger partial charge is 0.493 e. The summed E-state index contributed by atoms with van der Waals surface area (Å²) in [4.78, 5) is 30.3. The first-order chi connectivity index (χ1) is 16.5. The van der Waals surface area contributed by atoms with E-state index in [0.29, 0.717) is 30.0 Å². The van der Waals surface area contributed by atoms with Crippen LogP contribution < -0.4 is 14.8 Å². The molecule has 0 unspecified atom stereocenters. The molecule has 0 saturated carbocycles. The number of methoxy groups -OCH3 is 2. The minimum Gasteiger partial charge on any atom is -0.493 e. The summed E-state index contributed by atoms with van der Waals surface area (Å²) in [7, 11) is 3.20. The van der Waals surface area contributed by atoms with Crippen LogP contribution in [0.5, 0.6) is 11.5 Å². The SMILES string of the molecule is COc1cc2c(cc1OC)[C@H]1[C@H](C(=O)Nc3cccc(SC)c3)c3ccccc3C(=O)N1CC2. The van der Waals surface area contributed by atoms with Crippen LogP contribution in [0.3, 0.4) is 0 Å². The van der Waals surface area contributed by atoms with Gasteiger partial charge in [0.05, 0.1) is 26.2 Å². The zero-order valence-electron chi connectivity index (χ0n) is 19.3. The number of carbonyl (C=O) groups is 2. The van der Waals surface area contributed by atoms with E-state index in [1.54, 1.807) is 26.0 Å². The number of amides is 2. The number of thioether (sulfide) groups is 1. The van der Waals surface area contributed by atoms with Crippen molar-refractivity contribution >= 4 is 29.3 Å². The van der Waals surface area contributed by atoms with Crippen molar-refractivity contribution in [2.45, 2.75) is 23.3 Å². The second kappa shape index (κ2) is 9.06. The number of fused-ring (bicyclic) bond motifs is 4. The Bertz CT molecular complexity index is 1280. The molecule has 6 nitrogen and oxygen atoms in total. The monoisotopic (exact) mass is 474 g/mol. The fourth-order valence-corrected chi connectivity index (χ4v) is 5.52. The van der Waals surface area contributed by atoms with E-state index >= 15 is 0 Å². The van der Waals surface area contributed by atoms with Crippen LogP contribution in [0.15, 0.2) is 65.6 Å². The van der Waals surface area contributed by atoms with E-state index in [0.717, 1.165) is 27.3 Å². The molecular formula is C27H26N2O4S. The van der Waals surface area contributed by atoms with E-state index in [-0.39, 0.29) is 11.8 Å². The fourth-order valence-electron chi connectivity index (χ4n) is 5.06. The molecule has 3 aromatic rings. The standard InChI is InChI=1S/C27H26N2O4S/c1-32-22-13-16-11-12-29-25(21(16)15-23(22)33-2)24(19-9-4-5-10-20(19)27(29)31)26(30)28-17-7-6-8-18(14-17)34-3/h4-10,13-15,24-25H,11-12H2,1-3H3,(H,28,30)/t24-,25+/m1/s1. The second-order valence-electron chi connectivity index (χ2n) is 8.39. The summed E-state index contributed by atoms with van der Waals surface area (Å²) in [5.74, 6) is 0.475. The van der Waals surface area contributed by atoms with Gasteiger partial charge in [-0.2, -0.15) is 0 Å². The van der Waals surface area contributed by atoms with Crippen LogP contribution in [0, 0.1) is 0 Å². The zero-order valence-corrected chi connectivity index (χ0v) is 20.1. The average Bonchev–Trinajstić information content (AvgIpc) is 2.88. The minimum atomic E-state index is -0.566. The maximum Gasteiger partial charge on any atom is 0.254 e. The van der Waals surface area contributed by atoms with Gasteiger partial charge < -0.3 is 19.7 Å². The highest BCUT2D eigenvalue weighted by molar-refractivity contribution is 7.98. The Morgan fingerprint density at radius 2 is 1.76 bits per heavy atom. The topological polar surface area (TPSA) is 67.9 Å². The molecule has 0 fully saturated rings. The first kappa shape index (κ1) is 22.3. The summed E-state index contributed by atoms with van der Waals surface area (Å²) in [6.07, 6.45) is 2.69. The van der Waals surface area contributed by atoms with Gasteiger partial charge in [-0.25, -0.2) is 0 Å². The molecule has 2 heterocycles. The lowest BCUT2D eigenvalue weighted by Crippen LogP contribution is -2.49. The van der Waals surface area contributed by atoms with Crippen LogP contribution in [0.4, 0.5) is 5.69 Å². The molecule has 5 rings (SSSR count). The van der Waals surface area contributed by atoms with Crippen molar-refractivity contribution in [1.82, 2.24) is 4.90 Å². The Hall–Kier alpha value is -3.45. The number of ether oxygens (including phenoxy) is 2. The minimum absolute atomic E-state index is 0.0468. The van der Waals surface area contributed by atoms with Gasteiger partial charge in [0.25, 0.3) is 5.91 Å². The molecule has 0 spiro atoms. The van der Waals surface area contributed by atoms with Gasteiger partial charge in [0.15, 0.2) is 11.5 Å². The lowest BCUT2D eigenvalue weighted by Gasteiger charge is -2.45. The van der Waals surface area contributed by atoms with Gasteiger partial charge in [-0.3, -0.25) is 9.59 Å². The number of nitrogens with zero attached hydrogens (tertiary/aromatic N) is 1. The molecule has 7 heteroatoms. The Morgan fingerprint density at radius 3 is 2.53 bits per heavy atom. The van der Waals surface area contributed by atoms with Crippen LogP contribution in [0.25, 0.3) is 0 Å². The van der Waals surface area contributed by atoms with Crippen LogP contribution in [0.1, 0.15) is 39.0 Å². The van der Waals surface area contributed by atoms with Crippen LogP contribution >= 0.6 is 11.8 Å². The van der Waals surface area contributed by atoms with Crippen molar-refractivity contribution in [1.29, 1.82) is 0 Å². The summed E-state index contributed by atoms with van der Waals surface area (Å²) in [5, 5.41) is 3.11. The van der Waals surface area contributed by atoms with Gasteiger partial charge in [-0.15, -0.1) is 11.8 Å². The molecule has 1 N–H and O–H groups in total. The molecule has 2 aliphatic rings. The molecule has 34 heavy (non-hydrogen) atoms. The van der Waals surface area contributed by atoms with Gasteiger partial charge >= 0.3 is 0 Å². The van der Waals surface area contributed by atoms with Crippen molar-refractivity contribution in [2.24, 2.45) is 0 Å². The summed E-state index contributed by atoms with van der Waals surface area (Å²) < 4.78 is 11.1. The number of hydrogen-bond acceptors (Lipinski definition) is 5. The van der Waals surface area contributed by atoms with E-state index in [4.69, 9.17) is 9.47 Å². The molecule has 2 aliphatic heterocycles. The van der Waals surface area contributed by atoms with Gasteiger partial charge in [0, 0.05) is 22.7 Å². The highest BCUT2D eigenvalue weighted by Crippen LogP contribution is 2.48. The number of carbonyl (C=O) groups excluding carboxylic acids is 2. The Balaban J connectivity index is 1.64. The summed E-state index contributed by atoms with van der Waals surface area (Å²) in [5.41, 5.74) is 4.05. The highest BCUT2D eigenvalue weighted by atomic mass is 32.2. The van der Waals surface area contributed by atoms with Crippen LogP contribution in [-0.4, -0.2) is 43.7 Å². The molecule has 0 aromatic heterocycles. The van der Waals surface area contributed by atoms with Crippen LogP contribution in [-0.2, 0) is 11.2 Å². The quantitative estimate of drug-likeness (QED) is 0.533. The Kier molecular flexibility index (Phi) is 5.96. The summed E-state index contributed by atoms with van der Waals surface area (Å²) in [6.45, 7) is 0.534. The van der Waals surface area contributed by atoms with Crippen molar-refractivity contribution in [3.8, 4) is 11.5 Å². The number of hydrogen-bond donors (Lipinski definition) is 1. The van der Waals surface area contributed by atoms with Gasteiger partial charge in [-0.1, -0.05) is 24.3 Å². The number of benzene rings is 3. The van der Waals surface area contributed by atoms with E-state index in [2.05, 4.69) is 5.32 Å². The first-order valence-electron chi connectivity index (χ1n) is 11.1. The number of rotatable bonds is 5. The molecule has 0 saturated heterocycles. The number of nitrogens with one attached hydrogen (secondary N) is 1. The van der Waals surface area contributed by atoms with Crippen molar-refractivity contribution in [3.63, 3.8) is 0 Å². The predicted molar refractivity (Wildman–Crippen MR) is 133 cm³/mol. The van der Waals surface area contributed by atoms with Gasteiger partial charge in [-0.05, 0) is 65.8 Å². The highest BCUT2D eigenvalue weighted by Gasteiger charge is 2.46. The third-order valence-electron chi connectivity index (χ3n) is 6.64. The molecule has 174 valence electrons. The van der Waals surface area contributed by atoms with Crippen molar-refractivity contribution in [3.05, 3.63) is 82.9 Å². The first-order valence-corrected chi connectivity index (χ1v) is 12.4. The van der Waals surface area contributed by atoms with Crippen molar-refractivity contribution < 1.29 is 19.1 Å². The third kappa shape index (κ3) is 3.70. The summed E-state index contributed by atoms with van der Waals surface area (Å²) in [6, 6.07) is 18.7.